The van der Waals surface area contributed by atoms with Crippen molar-refractivity contribution in [1.82, 2.24) is 4.98 Å². The summed E-state index contributed by atoms with van der Waals surface area (Å²) in [6.07, 6.45) is 3.84. The number of fused-ring (bicyclic) bond motifs is 9. The van der Waals surface area contributed by atoms with Crippen LogP contribution in [0.5, 0.6) is 0 Å². The van der Waals surface area contributed by atoms with E-state index in [4.69, 9.17) is 8.83 Å². The minimum absolute atomic E-state index is 0.862. The topological polar surface area (TPSA) is 42.4 Å². The number of para-hydroxylation sites is 2. The van der Waals surface area contributed by atoms with Crippen molar-refractivity contribution in [2.45, 2.75) is 0 Å². The number of anilines is 3. The lowest BCUT2D eigenvalue weighted by Gasteiger charge is -2.26. The molecule has 0 fully saturated rings. The zero-order valence-corrected chi connectivity index (χ0v) is 25.3. The van der Waals surface area contributed by atoms with Gasteiger partial charge in [-0.25, -0.2) is 0 Å². The Hall–Kier alpha value is -5.91. The van der Waals surface area contributed by atoms with Crippen LogP contribution in [-0.4, -0.2) is 4.98 Å². The summed E-state index contributed by atoms with van der Waals surface area (Å²) in [5, 5.41) is 6.82. The van der Waals surface area contributed by atoms with E-state index in [0.29, 0.717) is 0 Å². The molecular formula is C41H24N2O2S. The first kappa shape index (κ1) is 25.4. The van der Waals surface area contributed by atoms with E-state index in [2.05, 4.69) is 113 Å². The normalized spacial score (nSPS) is 11.9. The lowest BCUT2D eigenvalue weighted by molar-refractivity contribution is 0.668. The number of thiophene rings is 1. The molecule has 0 saturated carbocycles. The highest BCUT2D eigenvalue weighted by molar-refractivity contribution is 7.25. The van der Waals surface area contributed by atoms with Gasteiger partial charge in [0.1, 0.15) is 22.3 Å². The smallest absolute Gasteiger partial charge is 0.137 e. The predicted molar refractivity (Wildman–Crippen MR) is 192 cm³/mol. The van der Waals surface area contributed by atoms with Crippen molar-refractivity contribution in [1.29, 1.82) is 0 Å². The van der Waals surface area contributed by atoms with Crippen LogP contribution in [0.3, 0.4) is 0 Å². The largest absolute Gasteiger partial charge is 0.456 e. The molecule has 10 rings (SSSR count). The number of hydrogen-bond donors (Lipinski definition) is 0. The quantitative estimate of drug-likeness (QED) is 0.199. The van der Waals surface area contributed by atoms with Crippen LogP contribution in [0.25, 0.3) is 75.2 Å². The zero-order chi connectivity index (χ0) is 30.2. The Morgan fingerprint density at radius 2 is 1.17 bits per heavy atom. The van der Waals surface area contributed by atoms with Crippen molar-refractivity contribution in [2.75, 3.05) is 4.90 Å². The zero-order valence-electron chi connectivity index (χ0n) is 24.5. The molecule has 216 valence electrons. The molecule has 4 aromatic heterocycles. The van der Waals surface area contributed by atoms with Crippen LogP contribution in [0, 0.1) is 0 Å². The summed E-state index contributed by atoms with van der Waals surface area (Å²) in [6, 6.07) is 46.9. The van der Waals surface area contributed by atoms with Crippen LogP contribution >= 0.6 is 11.3 Å². The number of benzene rings is 6. The third kappa shape index (κ3) is 3.82. The molecule has 46 heavy (non-hydrogen) atoms. The van der Waals surface area contributed by atoms with Crippen LogP contribution in [0.2, 0.25) is 0 Å². The molecule has 4 heterocycles. The molecule has 4 nitrogen and oxygen atoms in total. The Balaban J connectivity index is 1.17. The van der Waals surface area contributed by atoms with Crippen molar-refractivity contribution in [3.8, 4) is 11.1 Å². The molecule has 0 aliphatic rings. The predicted octanol–water partition coefficient (Wildman–Crippen LogP) is 12.4. The number of furan rings is 2. The lowest BCUT2D eigenvalue weighted by atomic mass is 10.0. The Labute approximate surface area is 267 Å². The van der Waals surface area contributed by atoms with E-state index in [0.717, 1.165) is 66.5 Å². The van der Waals surface area contributed by atoms with Gasteiger partial charge in [-0.1, -0.05) is 60.7 Å². The summed E-state index contributed by atoms with van der Waals surface area (Å²) in [6.45, 7) is 0. The van der Waals surface area contributed by atoms with E-state index in [1.807, 2.05) is 54.1 Å². The van der Waals surface area contributed by atoms with Gasteiger partial charge in [-0.15, -0.1) is 11.3 Å². The van der Waals surface area contributed by atoms with Gasteiger partial charge in [0, 0.05) is 60.1 Å². The number of rotatable bonds is 4. The molecule has 0 aliphatic heterocycles. The second-order valence-corrected chi connectivity index (χ2v) is 12.7. The Morgan fingerprint density at radius 1 is 0.478 bits per heavy atom. The van der Waals surface area contributed by atoms with Crippen LogP contribution in [0.15, 0.2) is 155 Å². The highest BCUT2D eigenvalue weighted by atomic mass is 32.1. The van der Waals surface area contributed by atoms with Gasteiger partial charge >= 0.3 is 0 Å². The number of hydrogen-bond acceptors (Lipinski definition) is 5. The fourth-order valence-electron chi connectivity index (χ4n) is 6.83. The fourth-order valence-corrected chi connectivity index (χ4v) is 7.88. The summed E-state index contributed by atoms with van der Waals surface area (Å²) in [5.41, 5.74) is 9.01. The maximum Gasteiger partial charge on any atom is 0.137 e. The number of aromatic nitrogens is 1. The monoisotopic (exact) mass is 608 g/mol. The Kier molecular flexibility index (Phi) is 5.41. The van der Waals surface area contributed by atoms with Crippen LogP contribution in [0.1, 0.15) is 0 Å². The minimum atomic E-state index is 0.862. The lowest BCUT2D eigenvalue weighted by Crippen LogP contribution is -2.10. The highest BCUT2D eigenvalue weighted by Gasteiger charge is 2.20. The first-order valence-electron chi connectivity index (χ1n) is 15.3. The van der Waals surface area contributed by atoms with Crippen molar-refractivity contribution >= 4 is 92.4 Å². The van der Waals surface area contributed by atoms with Gasteiger partial charge in [-0.2, -0.15) is 0 Å². The third-order valence-electron chi connectivity index (χ3n) is 8.97. The van der Waals surface area contributed by atoms with E-state index >= 15 is 0 Å². The molecule has 0 atom stereocenters. The van der Waals surface area contributed by atoms with Crippen LogP contribution in [-0.2, 0) is 0 Å². The average molecular weight is 609 g/mol. The first-order chi connectivity index (χ1) is 22.8. The van der Waals surface area contributed by atoms with E-state index in [-0.39, 0.29) is 0 Å². The molecule has 0 saturated heterocycles. The minimum Gasteiger partial charge on any atom is -0.456 e. The second kappa shape index (κ2) is 9.80. The molecule has 0 spiro atoms. The van der Waals surface area contributed by atoms with Crippen molar-refractivity contribution in [3.63, 3.8) is 0 Å². The average Bonchev–Trinajstić information content (AvgIpc) is 3.80. The molecule has 10 aromatic rings. The van der Waals surface area contributed by atoms with E-state index in [9.17, 15) is 0 Å². The summed E-state index contributed by atoms with van der Waals surface area (Å²) < 4.78 is 15.1. The van der Waals surface area contributed by atoms with Gasteiger partial charge in [0.25, 0.3) is 0 Å². The van der Waals surface area contributed by atoms with Crippen molar-refractivity contribution in [2.24, 2.45) is 0 Å². The van der Waals surface area contributed by atoms with Crippen molar-refractivity contribution in [3.05, 3.63) is 146 Å². The first-order valence-corrected chi connectivity index (χ1v) is 16.1. The molecule has 0 amide bonds. The van der Waals surface area contributed by atoms with Crippen LogP contribution < -0.4 is 4.90 Å². The summed E-state index contributed by atoms with van der Waals surface area (Å²) >= 11 is 1.81. The SMILES string of the molecule is c1ccc2c(c1)oc1ccc(N(c3ccc(-c4ccc5sc6ccncc6c5c4)cc3)c3cccc4oc5ccccc5c34)cc12. The molecule has 0 aliphatic carbocycles. The van der Waals surface area contributed by atoms with Gasteiger partial charge < -0.3 is 13.7 Å². The fraction of sp³-hybridized carbons (Fsp3) is 0. The number of nitrogens with zero attached hydrogens (tertiary/aromatic N) is 2. The van der Waals surface area contributed by atoms with E-state index in [1.54, 1.807) is 0 Å². The maximum absolute atomic E-state index is 6.32. The van der Waals surface area contributed by atoms with E-state index < -0.39 is 0 Å². The second-order valence-electron chi connectivity index (χ2n) is 11.6. The molecule has 0 bridgehead atoms. The van der Waals surface area contributed by atoms with Crippen molar-refractivity contribution < 1.29 is 8.83 Å². The molecule has 6 aromatic carbocycles. The standard InChI is InChI=1S/C41H24N2O2S/c1-3-9-35-29(6-1)31-23-28(17-18-37(31)44-35)43(34-8-5-11-38-41(34)30-7-2-4-10-36(30)45-38)27-15-12-25(13-16-27)26-14-19-39-32(22-26)33-24-42-21-20-40(33)46-39/h1-24H. The molecule has 0 radical (unpaired) electrons. The molecule has 0 unspecified atom stereocenters. The van der Waals surface area contributed by atoms with Gasteiger partial charge in [0.05, 0.1) is 11.1 Å². The molecule has 0 N–H and O–H groups in total. The van der Waals surface area contributed by atoms with E-state index in [1.165, 1.54) is 25.7 Å². The maximum atomic E-state index is 6.32. The Morgan fingerprint density at radius 3 is 2.07 bits per heavy atom. The Bertz CT molecular complexity index is 2770. The molecule has 5 heteroatoms. The number of pyridine rings is 1. The third-order valence-corrected chi connectivity index (χ3v) is 10.1. The summed E-state index contributed by atoms with van der Waals surface area (Å²) in [7, 11) is 0. The van der Waals surface area contributed by atoms with Gasteiger partial charge in [0.15, 0.2) is 0 Å². The van der Waals surface area contributed by atoms with Gasteiger partial charge in [-0.3, -0.25) is 4.98 Å². The summed E-state index contributed by atoms with van der Waals surface area (Å²) in [4.78, 5) is 6.71. The summed E-state index contributed by atoms with van der Waals surface area (Å²) in [5.74, 6) is 0. The molecular weight excluding hydrogens is 585 g/mol. The van der Waals surface area contributed by atoms with Gasteiger partial charge in [-0.05, 0) is 83.9 Å². The van der Waals surface area contributed by atoms with Crippen LogP contribution in [0.4, 0.5) is 17.1 Å². The highest BCUT2D eigenvalue weighted by Crippen LogP contribution is 2.45. The van der Waals surface area contributed by atoms with Gasteiger partial charge in [0.2, 0.25) is 0 Å².